The summed E-state index contributed by atoms with van der Waals surface area (Å²) in [7, 11) is 0. The number of aromatic nitrogens is 5. The molecule has 4 rings (SSSR count). The van der Waals surface area contributed by atoms with E-state index in [4.69, 9.17) is 0 Å². The molecule has 0 spiro atoms. The molecule has 134 valence electrons. The normalized spacial score (nSPS) is 10.7. The van der Waals surface area contributed by atoms with Crippen molar-refractivity contribution < 1.29 is 4.79 Å². The van der Waals surface area contributed by atoms with Crippen LogP contribution in [0.15, 0.2) is 54.6 Å². The number of carbonyl (C=O) groups is 1. The fourth-order valence-corrected chi connectivity index (χ4v) is 3.26. The van der Waals surface area contributed by atoms with Crippen LogP contribution in [0, 0.1) is 13.8 Å². The van der Waals surface area contributed by atoms with Crippen LogP contribution in [0.3, 0.4) is 0 Å². The van der Waals surface area contributed by atoms with Gasteiger partial charge >= 0.3 is 0 Å². The van der Waals surface area contributed by atoms with Crippen molar-refractivity contribution in [3.63, 3.8) is 0 Å². The lowest BCUT2D eigenvalue weighted by atomic mass is 10.2. The minimum absolute atomic E-state index is 0.224. The average Bonchev–Trinajstić information content (AvgIpc) is 3.29. The van der Waals surface area contributed by atoms with E-state index in [1.807, 2.05) is 56.3 Å². The summed E-state index contributed by atoms with van der Waals surface area (Å²) in [5.74, 6) is 0.222. The quantitative estimate of drug-likeness (QED) is 0.587. The van der Waals surface area contributed by atoms with Crippen molar-refractivity contribution in [1.82, 2.24) is 24.4 Å². The minimum atomic E-state index is -0.224. The number of aryl methyl sites for hydroxylation is 1. The van der Waals surface area contributed by atoms with E-state index in [-0.39, 0.29) is 5.91 Å². The number of para-hydroxylation sites is 1. The van der Waals surface area contributed by atoms with Crippen molar-refractivity contribution in [2.45, 2.75) is 13.8 Å². The van der Waals surface area contributed by atoms with Crippen molar-refractivity contribution in [2.75, 3.05) is 5.32 Å². The van der Waals surface area contributed by atoms with Crippen LogP contribution in [-0.4, -0.2) is 30.3 Å². The summed E-state index contributed by atoms with van der Waals surface area (Å²) in [6.45, 7) is 3.94. The zero-order valence-corrected chi connectivity index (χ0v) is 15.6. The molecule has 1 N–H and O–H groups in total. The highest BCUT2D eigenvalue weighted by Gasteiger charge is 2.18. The highest BCUT2D eigenvalue weighted by Crippen LogP contribution is 2.24. The Labute approximate surface area is 159 Å². The van der Waals surface area contributed by atoms with Crippen molar-refractivity contribution in [2.24, 2.45) is 0 Å². The smallest absolute Gasteiger partial charge is 0.257 e. The van der Waals surface area contributed by atoms with Gasteiger partial charge in [0, 0.05) is 17.1 Å². The number of rotatable bonds is 4. The summed E-state index contributed by atoms with van der Waals surface area (Å²) in [6.07, 6.45) is 0. The fourth-order valence-electron chi connectivity index (χ4n) is 2.69. The van der Waals surface area contributed by atoms with Gasteiger partial charge < -0.3 is 0 Å². The van der Waals surface area contributed by atoms with Crippen LogP contribution in [-0.2, 0) is 0 Å². The number of nitrogens with one attached hydrogen (secondary N) is 1. The van der Waals surface area contributed by atoms with Crippen LogP contribution in [0.1, 0.15) is 21.6 Å². The first kappa shape index (κ1) is 17.0. The molecule has 4 aromatic rings. The zero-order chi connectivity index (χ0) is 18.8. The second kappa shape index (κ2) is 7.08. The van der Waals surface area contributed by atoms with Gasteiger partial charge in [-0.15, -0.1) is 5.10 Å². The molecule has 0 saturated heterocycles. The predicted molar refractivity (Wildman–Crippen MR) is 104 cm³/mol. The molecule has 0 radical (unpaired) electrons. The van der Waals surface area contributed by atoms with E-state index < -0.39 is 0 Å². The molecular weight excluding hydrogens is 360 g/mol. The number of anilines is 1. The van der Waals surface area contributed by atoms with Gasteiger partial charge in [-0.25, -0.2) is 4.68 Å². The van der Waals surface area contributed by atoms with Gasteiger partial charge in [-0.05, 0) is 37.6 Å². The third-order valence-corrected chi connectivity index (χ3v) is 4.76. The molecule has 0 bridgehead atoms. The molecule has 0 atom stereocenters. The predicted octanol–water partition coefficient (Wildman–Crippen LogP) is 3.65. The van der Waals surface area contributed by atoms with E-state index in [9.17, 15) is 4.79 Å². The number of benzene rings is 2. The van der Waals surface area contributed by atoms with Gasteiger partial charge in [0.05, 0.1) is 11.4 Å². The van der Waals surface area contributed by atoms with Gasteiger partial charge in [0.15, 0.2) is 11.5 Å². The number of hydrogen-bond donors (Lipinski definition) is 1. The van der Waals surface area contributed by atoms with E-state index in [0.29, 0.717) is 22.2 Å². The molecule has 2 aromatic heterocycles. The molecule has 7 nitrogen and oxygen atoms in total. The van der Waals surface area contributed by atoms with Crippen molar-refractivity contribution >= 4 is 22.6 Å². The highest BCUT2D eigenvalue weighted by molar-refractivity contribution is 7.10. The van der Waals surface area contributed by atoms with Crippen LogP contribution >= 0.6 is 11.5 Å². The molecular formula is C19H16N6OS. The Morgan fingerprint density at radius 1 is 1.04 bits per heavy atom. The van der Waals surface area contributed by atoms with Gasteiger partial charge in [0.1, 0.15) is 0 Å². The maximum atomic E-state index is 12.2. The fraction of sp³-hybridized carbons (Fsp3) is 0.105. The zero-order valence-electron chi connectivity index (χ0n) is 14.7. The lowest BCUT2D eigenvalue weighted by molar-refractivity contribution is 0.102. The van der Waals surface area contributed by atoms with E-state index in [2.05, 4.69) is 25.0 Å². The standard InChI is InChI=1S/C19H16N6OS/c1-12-8-6-7-11-15(12)25-13(2)16(22-24-25)17-20-19(27-23-17)21-18(26)14-9-4-3-5-10-14/h3-11H,1-2H3,(H,20,21,23,26). The molecule has 2 heterocycles. The van der Waals surface area contributed by atoms with Crippen molar-refractivity contribution in [3.8, 4) is 17.2 Å². The first-order chi connectivity index (χ1) is 13.1. The lowest BCUT2D eigenvalue weighted by Gasteiger charge is -2.06. The van der Waals surface area contributed by atoms with Gasteiger partial charge in [-0.3, -0.25) is 10.1 Å². The molecule has 27 heavy (non-hydrogen) atoms. The summed E-state index contributed by atoms with van der Waals surface area (Å²) in [4.78, 5) is 16.6. The summed E-state index contributed by atoms with van der Waals surface area (Å²) >= 11 is 1.11. The molecule has 2 aromatic carbocycles. The van der Waals surface area contributed by atoms with Crippen LogP contribution in [0.5, 0.6) is 0 Å². The molecule has 1 amide bonds. The molecule has 0 aliphatic rings. The van der Waals surface area contributed by atoms with Crippen LogP contribution in [0.4, 0.5) is 5.13 Å². The summed E-state index contributed by atoms with van der Waals surface area (Å²) < 4.78 is 6.10. The summed E-state index contributed by atoms with van der Waals surface area (Å²) in [5, 5.41) is 11.7. The first-order valence-corrected chi connectivity index (χ1v) is 9.09. The van der Waals surface area contributed by atoms with Crippen LogP contribution < -0.4 is 5.32 Å². The van der Waals surface area contributed by atoms with E-state index in [0.717, 1.165) is 28.5 Å². The Kier molecular flexibility index (Phi) is 4.47. The summed E-state index contributed by atoms with van der Waals surface area (Å²) in [5.41, 5.74) is 4.05. The third-order valence-electron chi connectivity index (χ3n) is 4.13. The SMILES string of the molecule is Cc1ccccc1-n1nnc(-c2nsc(NC(=O)c3ccccc3)n2)c1C. The number of hydrogen-bond acceptors (Lipinski definition) is 6. The van der Waals surface area contributed by atoms with Crippen LogP contribution in [0.2, 0.25) is 0 Å². The second-order valence-electron chi connectivity index (χ2n) is 5.97. The summed E-state index contributed by atoms with van der Waals surface area (Å²) in [6, 6.07) is 16.9. The molecule has 0 aliphatic heterocycles. The van der Waals surface area contributed by atoms with Gasteiger partial charge in [0.25, 0.3) is 5.91 Å². The Morgan fingerprint density at radius 2 is 1.78 bits per heavy atom. The molecule has 8 heteroatoms. The molecule has 0 unspecified atom stereocenters. The number of amides is 1. The Bertz CT molecular complexity index is 1100. The van der Waals surface area contributed by atoms with Gasteiger partial charge in [-0.1, -0.05) is 41.6 Å². The van der Waals surface area contributed by atoms with Gasteiger partial charge in [0.2, 0.25) is 5.13 Å². The van der Waals surface area contributed by atoms with Crippen molar-refractivity contribution in [1.29, 1.82) is 0 Å². The van der Waals surface area contributed by atoms with Gasteiger partial charge in [-0.2, -0.15) is 9.36 Å². The van der Waals surface area contributed by atoms with E-state index in [1.54, 1.807) is 16.8 Å². The number of nitrogens with zero attached hydrogens (tertiary/aromatic N) is 5. The number of carbonyl (C=O) groups excluding carboxylic acids is 1. The lowest BCUT2D eigenvalue weighted by Crippen LogP contribution is -2.11. The molecule has 0 fully saturated rings. The van der Waals surface area contributed by atoms with E-state index in [1.165, 1.54) is 0 Å². The van der Waals surface area contributed by atoms with Crippen molar-refractivity contribution in [3.05, 3.63) is 71.4 Å². The first-order valence-electron chi connectivity index (χ1n) is 8.32. The van der Waals surface area contributed by atoms with E-state index >= 15 is 0 Å². The monoisotopic (exact) mass is 376 g/mol. The molecule has 0 saturated carbocycles. The Morgan fingerprint density at radius 3 is 2.56 bits per heavy atom. The third kappa shape index (κ3) is 3.34. The Balaban J connectivity index is 1.59. The Hall–Kier alpha value is -3.39. The average molecular weight is 376 g/mol. The maximum absolute atomic E-state index is 12.2. The topological polar surface area (TPSA) is 85.6 Å². The van der Waals surface area contributed by atoms with Crippen LogP contribution in [0.25, 0.3) is 17.2 Å². The molecule has 0 aliphatic carbocycles. The largest absolute Gasteiger partial charge is 0.297 e. The maximum Gasteiger partial charge on any atom is 0.257 e. The minimum Gasteiger partial charge on any atom is -0.297 e. The highest BCUT2D eigenvalue weighted by atomic mass is 32.1. The second-order valence-corrected chi connectivity index (χ2v) is 6.72.